The number of ether oxygens (including phenoxy) is 2. The van der Waals surface area contributed by atoms with Crippen molar-refractivity contribution in [1.82, 2.24) is 9.80 Å². The van der Waals surface area contributed by atoms with E-state index in [0.29, 0.717) is 50.2 Å². The summed E-state index contributed by atoms with van der Waals surface area (Å²) in [5, 5.41) is 0.561. The second-order valence-corrected chi connectivity index (χ2v) is 10.3. The maximum Gasteiger partial charge on any atom is 0.248 e. The summed E-state index contributed by atoms with van der Waals surface area (Å²) in [7, 11) is 0. The number of likely N-dealkylation sites (tertiary alicyclic amines) is 1. The molecule has 34 heavy (non-hydrogen) atoms. The molecule has 0 N–H and O–H groups in total. The molecular formula is C25H33ClF2N2O4. The lowest BCUT2D eigenvalue weighted by Gasteiger charge is -2.44. The predicted octanol–water partition coefficient (Wildman–Crippen LogP) is 4.40. The molecule has 2 heterocycles. The van der Waals surface area contributed by atoms with E-state index in [4.69, 9.17) is 21.1 Å². The number of carbonyl (C=O) groups is 2. The van der Waals surface area contributed by atoms with Gasteiger partial charge in [0.05, 0.1) is 19.8 Å². The number of amides is 2. The summed E-state index contributed by atoms with van der Waals surface area (Å²) in [4.78, 5) is 30.1. The van der Waals surface area contributed by atoms with Gasteiger partial charge in [0.15, 0.2) is 0 Å². The summed E-state index contributed by atoms with van der Waals surface area (Å²) in [5.74, 6) is -2.47. The van der Waals surface area contributed by atoms with E-state index >= 15 is 0 Å². The molecule has 2 amide bonds. The molecule has 0 bridgehead atoms. The molecule has 3 aliphatic rings. The minimum atomic E-state index is -2.67. The van der Waals surface area contributed by atoms with Gasteiger partial charge in [-0.25, -0.2) is 8.78 Å². The second kappa shape index (κ2) is 10.8. The lowest BCUT2D eigenvalue weighted by atomic mass is 9.76. The van der Waals surface area contributed by atoms with Crippen molar-refractivity contribution in [2.75, 3.05) is 46.0 Å². The number of piperidine rings is 1. The summed E-state index contributed by atoms with van der Waals surface area (Å²) >= 11 is 6.10. The van der Waals surface area contributed by atoms with Crippen molar-refractivity contribution in [3.05, 3.63) is 29.3 Å². The number of rotatable bonds is 6. The third-order valence-corrected chi connectivity index (χ3v) is 7.51. The van der Waals surface area contributed by atoms with E-state index in [1.54, 1.807) is 23.1 Å². The molecule has 2 saturated heterocycles. The number of carbonyl (C=O) groups excluding carboxylic acids is 2. The Bertz CT molecular complexity index is 870. The zero-order valence-electron chi connectivity index (χ0n) is 19.4. The molecule has 2 aliphatic heterocycles. The Kier molecular flexibility index (Phi) is 7.97. The lowest BCUT2D eigenvalue weighted by Crippen LogP contribution is -2.53. The first-order chi connectivity index (χ1) is 16.3. The summed E-state index contributed by atoms with van der Waals surface area (Å²) < 4.78 is 38.7. The first-order valence-electron chi connectivity index (χ1n) is 12.2. The van der Waals surface area contributed by atoms with Crippen LogP contribution in [-0.4, -0.2) is 73.5 Å². The Morgan fingerprint density at radius 2 is 1.82 bits per heavy atom. The van der Waals surface area contributed by atoms with Crippen molar-refractivity contribution in [1.29, 1.82) is 0 Å². The lowest BCUT2D eigenvalue weighted by molar-refractivity contribution is -0.148. The smallest absolute Gasteiger partial charge is 0.248 e. The summed E-state index contributed by atoms with van der Waals surface area (Å²) in [6.45, 7) is 3.40. The minimum absolute atomic E-state index is 0.0320. The molecule has 9 heteroatoms. The summed E-state index contributed by atoms with van der Waals surface area (Å²) in [5.41, 5.74) is -0.551. The van der Waals surface area contributed by atoms with Crippen molar-refractivity contribution in [2.24, 2.45) is 11.3 Å². The molecule has 0 unspecified atom stereocenters. The van der Waals surface area contributed by atoms with Crippen LogP contribution >= 0.6 is 11.6 Å². The first kappa shape index (κ1) is 25.2. The predicted molar refractivity (Wildman–Crippen MR) is 124 cm³/mol. The zero-order chi connectivity index (χ0) is 24.2. The van der Waals surface area contributed by atoms with Gasteiger partial charge in [0.25, 0.3) is 0 Å². The Balaban J connectivity index is 1.47. The number of benzene rings is 1. The molecule has 1 aliphatic carbocycles. The number of alkyl halides is 2. The van der Waals surface area contributed by atoms with Crippen LogP contribution in [0.15, 0.2) is 24.3 Å². The highest BCUT2D eigenvalue weighted by Crippen LogP contribution is 2.40. The van der Waals surface area contributed by atoms with Crippen LogP contribution in [0.2, 0.25) is 5.02 Å². The van der Waals surface area contributed by atoms with E-state index in [-0.39, 0.29) is 56.4 Å². The molecule has 3 fully saturated rings. The van der Waals surface area contributed by atoms with Gasteiger partial charge in [-0.1, -0.05) is 17.7 Å². The van der Waals surface area contributed by atoms with Gasteiger partial charge in [-0.15, -0.1) is 0 Å². The molecule has 0 aromatic heterocycles. The van der Waals surface area contributed by atoms with E-state index in [1.165, 1.54) is 0 Å². The van der Waals surface area contributed by atoms with Gasteiger partial charge in [-0.3, -0.25) is 9.59 Å². The summed E-state index contributed by atoms with van der Waals surface area (Å²) in [6.07, 6.45) is 1.69. The Morgan fingerprint density at radius 1 is 1.09 bits per heavy atom. The fraction of sp³-hybridized carbons (Fsp3) is 0.680. The quantitative estimate of drug-likeness (QED) is 0.583. The largest absolute Gasteiger partial charge is 0.493 e. The van der Waals surface area contributed by atoms with E-state index in [1.807, 2.05) is 11.0 Å². The molecule has 0 radical (unpaired) electrons. The maximum absolute atomic E-state index is 13.6. The molecule has 4 rings (SSSR count). The van der Waals surface area contributed by atoms with E-state index in [0.717, 1.165) is 12.8 Å². The van der Waals surface area contributed by atoms with Gasteiger partial charge in [0.2, 0.25) is 17.7 Å². The summed E-state index contributed by atoms with van der Waals surface area (Å²) in [6, 6.07) is 7.12. The standard InChI is InChI=1S/C25H33ClF2N2O4/c26-20-3-1-4-21(15-20)34-18-24(16-22(31)29-11-13-33-14-12-29)7-2-10-30(17-24)23(32)19-5-8-25(27,28)9-6-19/h1,3-4,15,19H,2,5-14,16-18H2/t24-/m0/s1. The van der Waals surface area contributed by atoms with Crippen LogP contribution in [-0.2, 0) is 14.3 Å². The second-order valence-electron chi connectivity index (χ2n) is 9.91. The van der Waals surface area contributed by atoms with Crippen molar-refractivity contribution in [2.45, 2.75) is 50.9 Å². The maximum atomic E-state index is 13.6. The SMILES string of the molecule is O=C(C[C@@]1(COc2cccc(Cl)c2)CCCN(C(=O)C2CCC(F)(F)CC2)C1)N1CCOCC1. The van der Waals surface area contributed by atoms with Crippen LogP contribution in [0.1, 0.15) is 44.9 Å². The number of halogens is 3. The average molecular weight is 499 g/mol. The van der Waals surface area contributed by atoms with E-state index in [9.17, 15) is 18.4 Å². The third kappa shape index (κ3) is 6.39. The molecular weight excluding hydrogens is 466 g/mol. The van der Waals surface area contributed by atoms with Gasteiger partial charge in [-0.05, 0) is 43.9 Å². The minimum Gasteiger partial charge on any atom is -0.493 e. The molecule has 188 valence electrons. The van der Waals surface area contributed by atoms with Crippen LogP contribution in [0.5, 0.6) is 5.75 Å². The Labute approximate surface area is 204 Å². The highest BCUT2D eigenvalue weighted by atomic mass is 35.5. The fourth-order valence-electron chi connectivity index (χ4n) is 5.29. The Hall–Kier alpha value is -1.93. The fourth-order valence-corrected chi connectivity index (χ4v) is 5.47. The van der Waals surface area contributed by atoms with Gasteiger partial charge >= 0.3 is 0 Å². The molecule has 6 nitrogen and oxygen atoms in total. The number of morpholine rings is 1. The topological polar surface area (TPSA) is 59.1 Å². The number of hydrogen-bond donors (Lipinski definition) is 0. The molecule has 1 saturated carbocycles. The van der Waals surface area contributed by atoms with Crippen molar-refractivity contribution in [3.8, 4) is 5.75 Å². The first-order valence-corrected chi connectivity index (χ1v) is 12.5. The van der Waals surface area contributed by atoms with E-state index < -0.39 is 11.3 Å². The number of nitrogens with zero attached hydrogens (tertiary/aromatic N) is 2. The average Bonchev–Trinajstić information content (AvgIpc) is 2.83. The van der Waals surface area contributed by atoms with Crippen LogP contribution in [0.4, 0.5) is 8.78 Å². The van der Waals surface area contributed by atoms with Crippen LogP contribution in [0.25, 0.3) is 0 Å². The van der Waals surface area contributed by atoms with Crippen LogP contribution in [0.3, 0.4) is 0 Å². The monoisotopic (exact) mass is 498 g/mol. The zero-order valence-corrected chi connectivity index (χ0v) is 20.2. The van der Waals surface area contributed by atoms with Gasteiger partial charge in [0.1, 0.15) is 5.75 Å². The molecule has 0 spiro atoms. The molecule has 1 aromatic carbocycles. The van der Waals surface area contributed by atoms with Crippen LogP contribution < -0.4 is 4.74 Å². The van der Waals surface area contributed by atoms with E-state index in [2.05, 4.69) is 0 Å². The highest BCUT2D eigenvalue weighted by Gasteiger charge is 2.44. The van der Waals surface area contributed by atoms with Gasteiger partial charge in [-0.2, -0.15) is 0 Å². The van der Waals surface area contributed by atoms with Crippen molar-refractivity contribution < 1.29 is 27.8 Å². The van der Waals surface area contributed by atoms with Gasteiger partial charge in [0, 0.05) is 61.8 Å². The van der Waals surface area contributed by atoms with Crippen LogP contribution in [0, 0.1) is 11.3 Å². The normalized spacial score (nSPS) is 25.7. The van der Waals surface area contributed by atoms with Gasteiger partial charge < -0.3 is 19.3 Å². The van der Waals surface area contributed by atoms with Crippen molar-refractivity contribution in [3.63, 3.8) is 0 Å². The van der Waals surface area contributed by atoms with Crippen molar-refractivity contribution >= 4 is 23.4 Å². The Morgan fingerprint density at radius 3 is 2.53 bits per heavy atom. The molecule has 1 aromatic rings. The third-order valence-electron chi connectivity index (χ3n) is 7.27. The number of hydrogen-bond acceptors (Lipinski definition) is 4. The molecule has 1 atom stereocenters. The highest BCUT2D eigenvalue weighted by molar-refractivity contribution is 6.30.